The zero-order valence-electron chi connectivity index (χ0n) is 10.7. The van der Waals surface area contributed by atoms with Crippen LogP contribution in [0.4, 0.5) is 5.82 Å². The summed E-state index contributed by atoms with van der Waals surface area (Å²) in [5.41, 5.74) is 1.74. The van der Waals surface area contributed by atoms with Crippen LogP contribution in [0.5, 0.6) is 0 Å². The normalized spacial score (nSPS) is 10.6. The first-order valence-electron chi connectivity index (χ1n) is 5.86. The highest BCUT2D eigenvalue weighted by molar-refractivity contribution is 5.64. The molecule has 3 rings (SSSR count). The molecule has 0 bridgehead atoms. The van der Waals surface area contributed by atoms with Gasteiger partial charge < -0.3 is 9.73 Å². The molecule has 3 aromatic rings. The van der Waals surface area contributed by atoms with Gasteiger partial charge in [0, 0.05) is 31.9 Å². The standard InChI is InChI=1S/C13H13N5O/c1-14-12-6-10(9-7-15-18(2)8-9)16-13(17-12)11-4-3-5-19-11/h3-8H,1-2H3,(H,14,16,17). The molecule has 1 N–H and O–H groups in total. The predicted octanol–water partition coefficient (Wildman–Crippen LogP) is 2.18. The highest BCUT2D eigenvalue weighted by Crippen LogP contribution is 2.23. The van der Waals surface area contributed by atoms with Crippen LogP contribution in [0, 0.1) is 0 Å². The van der Waals surface area contributed by atoms with Crippen molar-refractivity contribution in [3.63, 3.8) is 0 Å². The molecule has 6 heteroatoms. The molecule has 0 aliphatic rings. The van der Waals surface area contributed by atoms with Gasteiger partial charge in [-0.3, -0.25) is 4.68 Å². The Morgan fingerprint density at radius 2 is 2.21 bits per heavy atom. The van der Waals surface area contributed by atoms with E-state index in [1.807, 2.05) is 38.5 Å². The number of furan rings is 1. The average Bonchev–Trinajstić information content (AvgIpc) is 3.09. The number of nitrogens with one attached hydrogen (secondary N) is 1. The van der Waals surface area contributed by atoms with Crippen molar-refractivity contribution in [1.82, 2.24) is 19.7 Å². The summed E-state index contributed by atoms with van der Waals surface area (Å²) in [4.78, 5) is 8.89. The number of rotatable bonds is 3. The Labute approximate surface area is 110 Å². The van der Waals surface area contributed by atoms with Gasteiger partial charge in [-0.05, 0) is 12.1 Å². The molecule has 96 valence electrons. The Balaban J connectivity index is 2.12. The minimum absolute atomic E-state index is 0.552. The first-order valence-corrected chi connectivity index (χ1v) is 5.86. The summed E-state index contributed by atoms with van der Waals surface area (Å²) in [7, 11) is 3.69. The van der Waals surface area contributed by atoms with Crippen molar-refractivity contribution in [3.05, 3.63) is 36.9 Å². The van der Waals surface area contributed by atoms with Crippen molar-refractivity contribution in [2.45, 2.75) is 0 Å². The van der Waals surface area contributed by atoms with Gasteiger partial charge in [0.05, 0.1) is 18.2 Å². The highest BCUT2D eigenvalue weighted by atomic mass is 16.3. The van der Waals surface area contributed by atoms with E-state index in [0.717, 1.165) is 17.1 Å². The molecule has 3 aromatic heterocycles. The monoisotopic (exact) mass is 255 g/mol. The van der Waals surface area contributed by atoms with Crippen molar-refractivity contribution >= 4 is 5.82 Å². The second kappa shape index (κ2) is 4.56. The fraction of sp³-hybridized carbons (Fsp3) is 0.154. The number of aryl methyl sites for hydroxylation is 1. The first kappa shape index (κ1) is 11.5. The molecule has 6 nitrogen and oxygen atoms in total. The van der Waals surface area contributed by atoms with Crippen LogP contribution in [-0.2, 0) is 7.05 Å². The summed E-state index contributed by atoms with van der Waals surface area (Å²) in [6.45, 7) is 0. The van der Waals surface area contributed by atoms with Gasteiger partial charge in [-0.15, -0.1) is 0 Å². The molecule has 0 aromatic carbocycles. The van der Waals surface area contributed by atoms with Gasteiger partial charge in [-0.2, -0.15) is 5.10 Å². The molecule has 19 heavy (non-hydrogen) atoms. The van der Waals surface area contributed by atoms with Gasteiger partial charge in [0.2, 0.25) is 0 Å². The lowest BCUT2D eigenvalue weighted by atomic mass is 10.2. The Hall–Kier alpha value is -2.63. The van der Waals surface area contributed by atoms with E-state index in [1.54, 1.807) is 17.1 Å². The van der Waals surface area contributed by atoms with Gasteiger partial charge in [-0.1, -0.05) is 0 Å². The van der Waals surface area contributed by atoms with Crippen LogP contribution in [0.2, 0.25) is 0 Å². The van der Waals surface area contributed by atoms with E-state index in [4.69, 9.17) is 4.42 Å². The largest absolute Gasteiger partial charge is 0.461 e. The van der Waals surface area contributed by atoms with E-state index in [-0.39, 0.29) is 0 Å². The van der Waals surface area contributed by atoms with Crippen LogP contribution in [0.3, 0.4) is 0 Å². The molecule has 3 heterocycles. The molecule has 0 radical (unpaired) electrons. The maximum atomic E-state index is 5.34. The van der Waals surface area contributed by atoms with Crippen molar-refractivity contribution in [2.75, 3.05) is 12.4 Å². The zero-order chi connectivity index (χ0) is 13.2. The maximum Gasteiger partial charge on any atom is 0.198 e. The third kappa shape index (κ3) is 2.20. The van der Waals surface area contributed by atoms with Crippen molar-refractivity contribution in [3.8, 4) is 22.8 Å². The van der Waals surface area contributed by atoms with E-state index in [9.17, 15) is 0 Å². The number of hydrogen-bond acceptors (Lipinski definition) is 5. The molecular formula is C13H13N5O. The van der Waals surface area contributed by atoms with Gasteiger partial charge in [0.1, 0.15) is 5.82 Å². The number of nitrogens with zero attached hydrogens (tertiary/aromatic N) is 4. The second-order valence-corrected chi connectivity index (χ2v) is 4.09. The number of aromatic nitrogens is 4. The Morgan fingerprint density at radius 1 is 1.32 bits per heavy atom. The van der Waals surface area contributed by atoms with E-state index >= 15 is 0 Å². The SMILES string of the molecule is CNc1cc(-c2cnn(C)c2)nc(-c2ccco2)n1. The number of anilines is 1. The van der Waals surface area contributed by atoms with E-state index < -0.39 is 0 Å². The lowest BCUT2D eigenvalue weighted by Crippen LogP contribution is -1.98. The molecule has 0 saturated heterocycles. The van der Waals surface area contributed by atoms with Crippen LogP contribution in [-0.4, -0.2) is 26.8 Å². The highest BCUT2D eigenvalue weighted by Gasteiger charge is 2.10. The molecule has 0 atom stereocenters. The molecule has 0 spiro atoms. The Kier molecular flexibility index (Phi) is 2.75. The summed E-state index contributed by atoms with van der Waals surface area (Å²) in [5, 5.41) is 7.18. The molecular weight excluding hydrogens is 242 g/mol. The minimum atomic E-state index is 0.552. The summed E-state index contributed by atoms with van der Waals surface area (Å²) in [6, 6.07) is 5.53. The third-order valence-corrected chi connectivity index (χ3v) is 2.72. The quantitative estimate of drug-likeness (QED) is 0.776. The van der Waals surface area contributed by atoms with Crippen LogP contribution in [0.25, 0.3) is 22.8 Å². The molecule has 0 aliphatic carbocycles. The molecule has 0 unspecified atom stereocenters. The van der Waals surface area contributed by atoms with Crippen LogP contribution in [0.15, 0.2) is 41.3 Å². The predicted molar refractivity (Wildman–Crippen MR) is 71.5 cm³/mol. The van der Waals surface area contributed by atoms with Gasteiger partial charge in [0.25, 0.3) is 0 Å². The Bertz CT molecular complexity index is 687. The topological polar surface area (TPSA) is 68.8 Å². The lowest BCUT2D eigenvalue weighted by Gasteiger charge is -2.04. The molecule has 0 aliphatic heterocycles. The van der Waals surface area contributed by atoms with Gasteiger partial charge in [-0.25, -0.2) is 9.97 Å². The average molecular weight is 255 g/mol. The van der Waals surface area contributed by atoms with Crippen molar-refractivity contribution in [2.24, 2.45) is 7.05 Å². The minimum Gasteiger partial charge on any atom is -0.461 e. The van der Waals surface area contributed by atoms with Crippen LogP contribution < -0.4 is 5.32 Å². The Morgan fingerprint density at radius 3 is 2.84 bits per heavy atom. The van der Waals surface area contributed by atoms with E-state index in [2.05, 4.69) is 20.4 Å². The van der Waals surface area contributed by atoms with Gasteiger partial charge >= 0.3 is 0 Å². The smallest absolute Gasteiger partial charge is 0.198 e. The maximum absolute atomic E-state index is 5.34. The van der Waals surface area contributed by atoms with Crippen LogP contribution in [0.1, 0.15) is 0 Å². The van der Waals surface area contributed by atoms with Gasteiger partial charge in [0.15, 0.2) is 11.6 Å². The molecule has 0 amide bonds. The second-order valence-electron chi connectivity index (χ2n) is 4.09. The van der Waals surface area contributed by atoms with E-state index in [1.165, 1.54) is 0 Å². The summed E-state index contributed by atoms with van der Waals surface area (Å²) >= 11 is 0. The lowest BCUT2D eigenvalue weighted by molar-refractivity contribution is 0.577. The van der Waals surface area contributed by atoms with Crippen LogP contribution >= 0.6 is 0 Å². The number of hydrogen-bond donors (Lipinski definition) is 1. The fourth-order valence-corrected chi connectivity index (χ4v) is 1.79. The summed E-state index contributed by atoms with van der Waals surface area (Å²) in [5.74, 6) is 1.93. The summed E-state index contributed by atoms with van der Waals surface area (Å²) < 4.78 is 7.08. The first-order chi connectivity index (χ1) is 9.26. The molecule has 0 fully saturated rings. The zero-order valence-corrected chi connectivity index (χ0v) is 10.7. The fourth-order valence-electron chi connectivity index (χ4n) is 1.79. The summed E-state index contributed by atoms with van der Waals surface area (Å²) in [6.07, 6.45) is 5.29. The van der Waals surface area contributed by atoms with Crippen molar-refractivity contribution in [1.29, 1.82) is 0 Å². The molecule has 0 saturated carbocycles. The third-order valence-electron chi connectivity index (χ3n) is 2.72. The van der Waals surface area contributed by atoms with E-state index in [0.29, 0.717) is 11.6 Å². The van der Waals surface area contributed by atoms with Crippen molar-refractivity contribution < 1.29 is 4.42 Å².